The maximum atomic E-state index is 13.1. The third-order valence-corrected chi connectivity index (χ3v) is 7.43. The molecule has 1 fully saturated rings. The number of carbonyl (C=O) groups excluding carboxylic acids is 1. The molecule has 1 aliphatic rings. The number of benzene rings is 1. The maximum Gasteiger partial charge on any atom is 0.263 e. The van der Waals surface area contributed by atoms with E-state index in [1.165, 1.54) is 36.0 Å². The Morgan fingerprint density at radius 3 is 2.64 bits per heavy atom. The summed E-state index contributed by atoms with van der Waals surface area (Å²) in [6, 6.07) is 4.82. The number of nitrogens with one attached hydrogen (secondary N) is 1. The number of carbonyl (C=O) groups is 1. The lowest BCUT2D eigenvalue weighted by atomic mass is 10.0. The van der Waals surface area contributed by atoms with E-state index in [0.29, 0.717) is 17.9 Å². The molecule has 1 saturated heterocycles. The minimum atomic E-state index is -3.95. The smallest absolute Gasteiger partial charge is 0.263 e. The molecule has 28 heavy (non-hydrogen) atoms. The second-order valence-electron chi connectivity index (χ2n) is 6.53. The first-order valence-corrected chi connectivity index (χ1v) is 11.1. The minimum absolute atomic E-state index is 0.0132. The molecule has 1 atom stereocenters. The number of aliphatic hydroxyl groups is 1. The molecule has 1 aliphatic heterocycles. The number of thioether (sulfide) groups is 1. The van der Waals surface area contributed by atoms with E-state index in [1.807, 2.05) is 0 Å². The van der Waals surface area contributed by atoms with Crippen molar-refractivity contribution >= 4 is 27.7 Å². The Balaban J connectivity index is 2.21. The van der Waals surface area contributed by atoms with Crippen molar-refractivity contribution in [3.05, 3.63) is 24.3 Å². The van der Waals surface area contributed by atoms with Gasteiger partial charge < -0.3 is 9.84 Å². The van der Waals surface area contributed by atoms with Crippen LogP contribution >= 0.6 is 11.8 Å². The van der Waals surface area contributed by atoms with Crippen LogP contribution < -0.4 is 10.2 Å². The Bertz CT molecular complexity index is 843. The lowest BCUT2D eigenvalue weighted by Gasteiger charge is -2.43. The number of nitrogens with zero attached hydrogens (tertiary/aromatic N) is 1. The van der Waals surface area contributed by atoms with E-state index in [9.17, 15) is 13.2 Å². The Kier molecular flexibility index (Phi) is 7.74. The first-order chi connectivity index (χ1) is 13.2. The number of hydrogen-bond donors (Lipinski definition) is 3. The SMILES string of the molecule is CC1(C)SCCN(S(=O)(=O)c2ccc(OCC#CCCO)cc2)C1C(=O)NO. The van der Waals surface area contributed by atoms with Gasteiger partial charge in [-0.2, -0.15) is 16.1 Å². The van der Waals surface area contributed by atoms with Gasteiger partial charge in [0.2, 0.25) is 10.0 Å². The monoisotopic (exact) mass is 428 g/mol. The van der Waals surface area contributed by atoms with Gasteiger partial charge in [-0.15, -0.1) is 0 Å². The first kappa shape index (κ1) is 22.5. The molecular formula is C18H24N2O6S2. The lowest BCUT2D eigenvalue weighted by Crippen LogP contribution is -2.61. The third-order valence-electron chi connectivity index (χ3n) is 4.19. The Morgan fingerprint density at radius 1 is 1.36 bits per heavy atom. The second kappa shape index (κ2) is 9.62. The zero-order valence-electron chi connectivity index (χ0n) is 15.7. The fourth-order valence-corrected chi connectivity index (χ4v) is 5.99. The summed E-state index contributed by atoms with van der Waals surface area (Å²) >= 11 is 1.48. The molecule has 0 radical (unpaired) electrons. The largest absolute Gasteiger partial charge is 0.481 e. The molecule has 1 amide bonds. The standard InChI is InChI=1S/C18H24N2O6S2/c1-18(2)16(17(22)19-23)20(10-13-27-18)28(24,25)15-8-6-14(7-9-15)26-12-5-3-4-11-21/h6-9,16,21,23H,4,10-13H2,1-2H3,(H,19,22). The fourth-order valence-electron chi connectivity index (χ4n) is 2.88. The molecule has 0 aliphatic carbocycles. The number of ether oxygens (including phenoxy) is 1. The van der Waals surface area contributed by atoms with Crippen molar-refractivity contribution in [2.75, 3.05) is 25.5 Å². The number of rotatable bonds is 6. The summed E-state index contributed by atoms with van der Waals surface area (Å²) in [6.07, 6.45) is 0.369. The highest BCUT2D eigenvalue weighted by Gasteiger charge is 2.48. The van der Waals surface area contributed by atoms with Crippen LogP contribution in [-0.4, -0.2) is 65.2 Å². The van der Waals surface area contributed by atoms with Gasteiger partial charge in [-0.3, -0.25) is 10.0 Å². The van der Waals surface area contributed by atoms with E-state index in [-0.39, 0.29) is 24.7 Å². The van der Waals surface area contributed by atoms with E-state index < -0.39 is 26.7 Å². The predicted octanol–water partition coefficient (Wildman–Crippen LogP) is 0.841. The van der Waals surface area contributed by atoms with E-state index in [1.54, 1.807) is 19.3 Å². The fraction of sp³-hybridized carbons (Fsp3) is 0.500. The van der Waals surface area contributed by atoms with Gasteiger partial charge >= 0.3 is 0 Å². The average Bonchev–Trinajstić information content (AvgIpc) is 2.66. The van der Waals surface area contributed by atoms with Crippen molar-refractivity contribution in [2.45, 2.75) is 36.0 Å². The number of aliphatic hydroxyl groups excluding tert-OH is 1. The molecule has 0 spiro atoms. The molecule has 1 unspecified atom stereocenters. The van der Waals surface area contributed by atoms with E-state index in [0.717, 1.165) is 4.31 Å². The van der Waals surface area contributed by atoms with E-state index >= 15 is 0 Å². The zero-order valence-corrected chi connectivity index (χ0v) is 17.3. The van der Waals surface area contributed by atoms with Gasteiger partial charge in [-0.05, 0) is 38.1 Å². The summed E-state index contributed by atoms with van der Waals surface area (Å²) in [5, 5.41) is 17.7. The van der Waals surface area contributed by atoms with Crippen molar-refractivity contribution in [2.24, 2.45) is 0 Å². The summed E-state index contributed by atoms with van der Waals surface area (Å²) < 4.78 is 32.1. The molecule has 3 N–H and O–H groups in total. The Morgan fingerprint density at radius 2 is 2.04 bits per heavy atom. The van der Waals surface area contributed by atoms with Crippen molar-refractivity contribution < 1.29 is 28.3 Å². The minimum Gasteiger partial charge on any atom is -0.481 e. The van der Waals surface area contributed by atoms with Crippen LogP contribution in [0.25, 0.3) is 0 Å². The van der Waals surface area contributed by atoms with Gasteiger partial charge in [0.25, 0.3) is 5.91 Å². The Labute approximate surface area is 169 Å². The highest BCUT2D eigenvalue weighted by atomic mass is 32.2. The first-order valence-electron chi connectivity index (χ1n) is 8.63. The Hall–Kier alpha value is -1.77. The van der Waals surface area contributed by atoms with Crippen LogP contribution in [0.2, 0.25) is 0 Å². The lowest BCUT2D eigenvalue weighted by molar-refractivity contribution is -0.134. The van der Waals surface area contributed by atoms with Gasteiger partial charge in [0.1, 0.15) is 18.4 Å². The highest BCUT2D eigenvalue weighted by molar-refractivity contribution is 8.00. The summed E-state index contributed by atoms with van der Waals surface area (Å²) in [5.41, 5.74) is 1.58. The molecule has 0 bridgehead atoms. The molecule has 0 aromatic heterocycles. The van der Waals surface area contributed by atoms with Gasteiger partial charge in [0.15, 0.2) is 0 Å². The molecule has 0 saturated carbocycles. The summed E-state index contributed by atoms with van der Waals surface area (Å²) in [5.74, 6) is 5.69. The third kappa shape index (κ3) is 5.18. The van der Waals surface area contributed by atoms with Crippen LogP contribution in [0.5, 0.6) is 5.75 Å². The molecule has 1 aromatic rings. The van der Waals surface area contributed by atoms with Crippen LogP contribution in [0.15, 0.2) is 29.2 Å². The van der Waals surface area contributed by atoms with Gasteiger partial charge in [-0.1, -0.05) is 11.8 Å². The van der Waals surface area contributed by atoms with Crippen molar-refractivity contribution in [1.29, 1.82) is 0 Å². The molecule has 8 nitrogen and oxygen atoms in total. The topological polar surface area (TPSA) is 116 Å². The molecule has 1 heterocycles. The van der Waals surface area contributed by atoms with Gasteiger partial charge in [0.05, 0.1) is 11.5 Å². The quantitative estimate of drug-likeness (QED) is 0.349. The van der Waals surface area contributed by atoms with Crippen molar-refractivity contribution in [1.82, 2.24) is 9.79 Å². The van der Waals surface area contributed by atoms with E-state index in [4.69, 9.17) is 15.1 Å². The summed E-state index contributed by atoms with van der Waals surface area (Å²) in [6.45, 7) is 3.82. The van der Waals surface area contributed by atoms with Crippen molar-refractivity contribution in [3.8, 4) is 17.6 Å². The normalized spacial score (nSPS) is 19.4. The summed E-state index contributed by atoms with van der Waals surface area (Å²) in [7, 11) is -3.95. The van der Waals surface area contributed by atoms with Crippen LogP contribution in [-0.2, 0) is 14.8 Å². The molecule has 1 aromatic carbocycles. The van der Waals surface area contributed by atoms with Crippen LogP contribution in [0, 0.1) is 11.8 Å². The molecule has 2 rings (SSSR count). The predicted molar refractivity (Wildman–Crippen MR) is 106 cm³/mol. The second-order valence-corrected chi connectivity index (χ2v) is 10.2. The average molecular weight is 429 g/mol. The van der Waals surface area contributed by atoms with E-state index in [2.05, 4.69) is 11.8 Å². The van der Waals surface area contributed by atoms with Crippen LogP contribution in [0.1, 0.15) is 20.3 Å². The molecule has 154 valence electrons. The highest BCUT2D eigenvalue weighted by Crippen LogP contribution is 2.38. The van der Waals surface area contributed by atoms with Gasteiger partial charge in [0, 0.05) is 23.5 Å². The van der Waals surface area contributed by atoms with Crippen LogP contribution in [0.4, 0.5) is 0 Å². The number of sulfonamides is 1. The maximum absolute atomic E-state index is 13.1. The van der Waals surface area contributed by atoms with Crippen molar-refractivity contribution in [3.63, 3.8) is 0 Å². The van der Waals surface area contributed by atoms with Gasteiger partial charge in [-0.25, -0.2) is 13.9 Å². The molecular weight excluding hydrogens is 404 g/mol. The summed E-state index contributed by atoms with van der Waals surface area (Å²) in [4.78, 5) is 12.2. The number of hydrogen-bond acceptors (Lipinski definition) is 7. The zero-order chi connectivity index (χ0) is 20.8. The molecule has 10 heteroatoms. The number of hydroxylamine groups is 1. The van der Waals surface area contributed by atoms with Crippen LogP contribution in [0.3, 0.4) is 0 Å². The number of amides is 1.